The van der Waals surface area contributed by atoms with Crippen LogP contribution in [0.5, 0.6) is 0 Å². The van der Waals surface area contributed by atoms with E-state index in [0.717, 1.165) is 6.26 Å². The van der Waals surface area contributed by atoms with Gasteiger partial charge in [0.25, 0.3) is 10.1 Å². The van der Waals surface area contributed by atoms with Gasteiger partial charge in [-0.05, 0) is 19.1 Å². The van der Waals surface area contributed by atoms with Gasteiger partial charge in [0.1, 0.15) is 6.10 Å². The molecule has 0 radical (unpaired) electrons. The van der Waals surface area contributed by atoms with E-state index in [9.17, 15) is 8.42 Å². The molecule has 6 heteroatoms. The predicted molar refractivity (Wildman–Crippen MR) is 53.6 cm³/mol. The van der Waals surface area contributed by atoms with Crippen molar-refractivity contribution in [2.45, 2.75) is 13.0 Å². The maximum atomic E-state index is 10.8. The van der Waals surface area contributed by atoms with Crippen LogP contribution in [0.15, 0.2) is 18.3 Å². The largest absolute Gasteiger partial charge is 0.265 e. The van der Waals surface area contributed by atoms with Crippen LogP contribution < -0.4 is 0 Å². The lowest BCUT2D eigenvalue weighted by atomic mass is 10.2. The Balaban J connectivity index is 2.80. The van der Waals surface area contributed by atoms with Crippen LogP contribution in [0.2, 0.25) is 5.02 Å². The molecule has 14 heavy (non-hydrogen) atoms. The molecule has 0 saturated carbocycles. The van der Waals surface area contributed by atoms with Crippen LogP contribution >= 0.6 is 11.6 Å². The molecule has 1 rings (SSSR count). The molecule has 1 atom stereocenters. The van der Waals surface area contributed by atoms with Gasteiger partial charge in [0, 0.05) is 6.20 Å². The van der Waals surface area contributed by atoms with Gasteiger partial charge in [-0.1, -0.05) is 11.6 Å². The molecule has 1 aromatic rings. The van der Waals surface area contributed by atoms with Crippen LogP contribution in [0.4, 0.5) is 0 Å². The summed E-state index contributed by atoms with van der Waals surface area (Å²) in [5, 5.41) is 0.500. The van der Waals surface area contributed by atoms with Crippen LogP contribution in [0.25, 0.3) is 0 Å². The zero-order chi connectivity index (χ0) is 10.8. The first kappa shape index (κ1) is 11.4. The van der Waals surface area contributed by atoms with E-state index in [0.29, 0.717) is 10.7 Å². The highest BCUT2D eigenvalue weighted by Gasteiger charge is 2.13. The predicted octanol–water partition coefficient (Wildman–Crippen LogP) is 1.77. The third kappa shape index (κ3) is 3.61. The minimum atomic E-state index is -3.45. The maximum absolute atomic E-state index is 10.8. The molecule has 1 heterocycles. The van der Waals surface area contributed by atoms with Gasteiger partial charge in [-0.2, -0.15) is 8.42 Å². The SMILES string of the molecule is CC(OS(C)(=O)=O)c1ccc(Cl)cn1. The number of hydrogen-bond donors (Lipinski definition) is 0. The van der Waals surface area contributed by atoms with Gasteiger partial charge in [0.05, 0.1) is 17.0 Å². The highest BCUT2D eigenvalue weighted by molar-refractivity contribution is 7.86. The van der Waals surface area contributed by atoms with Crippen molar-refractivity contribution in [1.82, 2.24) is 4.98 Å². The lowest BCUT2D eigenvalue weighted by Crippen LogP contribution is -2.08. The first-order chi connectivity index (χ1) is 6.38. The molecular weight excluding hydrogens is 226 g/mol. The molecule has 0 aliphatic rings. The summed E-state index contributed by atoms with van der Waals surface area (Å²) < 4.78 is 26.3. The van der Waals surface area contributed by atoms with Crippen molar-refractivity contribution < 1.29 is 12.6 Å². The molecule has 78 valence electrons. The van der Waals surface area contributed by atoms with Crippen LogP contribution in [0, 0.1) is 0 Å². The van der Waals surface area contributed by atoms with E-state index in [1.165, 1.54) is 6.20 Å². The van der Waals surface area contributed by atoms with Crippen molar-refractivity contribution in [3.63, 3.8) is 0 Å². The molecule has 0 aliphatic carbocycles. The fourth-order valence-electron chi connectivity index (χ4n) is 0.939. The van der Waals surface area contributed by atoms with Gasteiger partial charge in [-0.15, -0.1) is 0 Å². The van der Waals surface area contributed by atoms with Gasteiger partial charge in [-0.3, -0.25) is 9.17 Å². The summed E-state index contributed by atoms with van der Waals surface area (Å²) in [4.78, 5) is 3.94. The van der Waals surface area contributed by atoms with Gasteiger partial charge in [0.15, 0.2) is 0 Å². The molecule has 0 fully saturated rings. The van der Waals surface area contributed by atoms with Gasteiger partial charge >= 0.3 is 0 Å². The molecule has 0 aliphatic heterocycles. The van der Waals surface area contributed by atoms with Gasteiger partial charge in [0.2, 0.25) is 0 Å². The molecule has 1 unspecified atom stereocenters. The minimum Gasteiger partial charge on any atom is -0.261 e. The molecule has 4 nitrogen and oxygen atoms in total. The Labute approximate surface area is 88.0 Å². The Morgan fingerprint density at radius 2 is 2.14 bits per heavy atom. The minimum absolute atomic E-state index is 0.500. The van der Waals surface area contributed by atoms with Crippen LogP contribution in [0.1, 0.15) is 18.7 Å². The van der Waals surface area contributed by atoms with E-state index < -0.39 is 16.2 Å². The van der Waals surface area contributed by atoms with Crippen molar-refractivity contribution >= 4 is 21.7 Å². The molecule has 0 aromatic carbocycles. The van der Waals surface area contributed by atoms with E-state index in [1.807, 2.05) is 0 Å². The Morgan fingerprint density at radius 1 is 1.50 bits per heavy atom. The highest BCUT2D eigenvalue weighted by atomic mass is 35.5. The molecule has 1 aromatic heterocycles. The summed E-state index contributed by atoms with van der Waals surface area (Å²) in [6.07, 6.45) is 1.85. The number of hydrogen-bond acceptors (Lipinski definition) is 4. The zero-order valence-corrected chi connectivity index (χ0v) is 9.34. The number of halogens is 1. The third-order valence-electron chi connectivity index (χ3n) is 1.49. The summed E-state index contributed by atoms with van der Waals surface area (Å²) in [7, 11) is -3.45. The number of nitrogens with zero attached hydrogens (tertiary/aromatic N) is 1. The van der Waals surface area contributed by atoms with Crippen molar-refractivity contribution in [3.8, 4) is 0 Å². The van der Waals surface area contributed by atoms with Crippen LogP contribution in [0.3, 0.4) is 0 Å². The van der Waals surface area contributed by atoms with E-state index in [1.54, 1.807) is 19.1 Å². The maximum Gasteiger partial charge on any atom is 0.265 e. The third-order valence-corrected chi connectivity index (χ3v) is 2.35. The molecule has 0 saturated heterocycles. The van der Waals surface area contributed by atoms with Gasteiger partial charge < -0.3 is 0 Å². The summed E-state index contributed by atoms with van der Waals surface area (Å²) in [6, 6.07) is 3.25. The quantitative estimate of drug-likeness (QED) is 0.750. The second-order valence-corrected chi connectivity index (χ2v) is 4.88. The Hall–Kier alpha value is -0.650. The molecule has 0 N–H and O–H groups in total. The average molecular weight is 236 g/mol. The van der Waals surface area contributed by atoms with E-state index in [-0.39, 0.29) is 0 Å². The molecule has 0 bridgehead atoms. The monoisotopic (exact) mass is 235 g/mol. The Morgan fingerprint density at radius 3 is 2.57 bits per heavy atom. The van der Waals surface area contributed by atoms with Crippen LogP contribution in [-0.2, 0) is 14.3 Å². The van der Waals surface area contributed by atoms with E-state index in [4.69, 9.17) is 15.8 Å². The second-order valence-electron chi connectivity index (χ2n) is 2.84. The highest BCUT2D eigenvalue weighted by Crippen LogP contribution is 2.17. The summed E-state index contributed by atoms with van der Waals surface area (Å²) >= 11 is 5.63. The number of rotatable bonds is 3. The summed E-state index contributed by atoms with van der Waals surface area (Å²) in [6.45, 7) is 1.61. The molecule has 0 amide bonds. The topological polar surface area (TPSA) is 56.3 Å². The number of pyridine rings is 1. The Bertz CT molecular complexity index is 401. The van der Waals surface area contributed by atoms with Crippen molar-refractivity contribution in [1.29, 1.82) is 0 Å². The van der Waals surface area contributed by atoms with E-state index >= 15 is 0 Å². The standard InChI is InChI=1S/C8H10ClNO3S/c1-6(13-14(2,11)12)8-4-3-7(9)5-10-8/h3-6H,1-2H3. The lowest BCUT2D eigenvalue weighted by Gasteiger charge is -2.09. The average Bonchev–Trinajstić information content (AvgIpc) is 2.02. The fourth-order valence-corrected chi connectivity index (χ4v) is 1.67. The van der Waals surface area contributed by atoms with Crippen molar-refractivity contribution in [2.24, 2.45) is 0 Å². The molecular formula is C8H10ClNO3S. The smallest absolute Gasteiger partial charge is 0.261 e. The Kier molecular flexibility index (Phi) is 3.47. The molecule has 0 spiro atoms. The fraction of sp³-hybridized carbons (Fsp3) is 0.375. The lowest BCUT2D eigenvalue weighted by molar-refractivity contribution is 0.232. The van der Waals surface area contributed by atoms with Crippen LogP contribution in [-0.4, -0.2) is 19.7 Å². The summed E-state index contributed by atoms with van der Waals surface area (Å²) in [5.74, 6) is 0. The number of aromatic nitrogens is 1. The van der Waals surface area contributed by atoms with Gasteiger partial charge in [-0.25, -0.2) is 0 Å². The second kappa shape index (κ2) is 4.25. The first-order valence-electron chi connectivity index (χ1n) is 3.88. The summed E-state index contributed by atoms with van der Waals surface area (Å²) in [5.41, 5.74) is 0.528. The van der Waals surface area contributed by atoms with Crippen molar-refractivity contribution in [3.05, 3.63) is 29.0 Å². The first-order valence-corrected chi connectivity index (χ1v) is 6.07. The normalized spacial score (nSPS) is 13.9. The van der Waals surface area contributed by atoms with E-state index in [2.05, 4.69) is 4.98 Å². The zero-order valence-electron chi connectivity index (χ0n) is 7.77. The van der Waals surface area contributed by atoms with Crippen molar-refractivity contribution in [2.75, 3.05) is 6.26 Å².